The van der Waals surface area contributed by atoms with E-state index in [9.17, 15) is 27.6 Å². The molecule has 130 valence electrons. The summed E-state index contributed by atoms with van der Waals surface area (Å²) in [5.41, 5.74) is 3.60. The van der Waals surface area contributed by atoms with Gasteiger partial charge in [-0.15, -0.1) is 0 Å². The molecule has 1 aliphatic rings. The average molecular weight is 342 g/mol. The Morgan fingerprint density at radius 1 is 1.25 bits per heavy atom. The first kappa shape index (κ1) is 18.0. The van der Waals surface area contributed by atoms with E-state index in [1.165, 1.54) is 12.1 Å². The molecule has 8 heteroatoms. The summed E-state index contributed by atoms with van der Waals surface area (Å²) in [4.78, 5) is 35.4. The fraction of sp³-hybridized carbons (Fsp3) is 0.438. The summed E-state index contributed by atoms with van der Waals surface area (Å²) >= 11 is 0. The summed E-state index contributed by atoms with van der Waals surface area (Å²) in [5, 5.41) is 2.27. The van der Waals surface area contributed by atoms with Crippen LogP contribution in [0.1, 0.15) is 41.6 Å². The van der Waals surface area contributed by atoms with Gasteiger partial charge in [0.25, 0.3) is 5.91 Å². The van der Waals surface area contributed by atoms with Gasteiger partial charge < -0.3 is 11.1 Å². The molecular weight excluding hydrogens is 325 g/mol. The van der Waals surface area contributed by atoms with Crippen LogP contribution in [0.25, 0.3) is 0 Å². The predicted molar refractivity (Wildman–Crippen MR) is 78.9 cm³/mol. The first-order chi connectivity index (χ1) is 11.2. The van der Waals surface area contributed by atoms with Crippen LogP contribution in [0.3, 0.4) is 0 Å². The predicted octanol–water partition coefficient (Wildman–Crippen LogP) is 2.05. The smallest absolute Gasteiger partial charge is 0.368 e. The van der Waals surface area contributed by atoms with Crippen LogP contribution in [-0.2, 0) is 15.8 Å². The lowest BCUT2D eigenvalue weighted by atomic mass is 9.82. The van der Waals surface area contributed by atoms with Crippen molar-refractivity contribution in [3.63, 3.8) is 0 Å². The van der Waals surface area contributed by atoms with Gasteiger partial charge in [-0.05, 0) is 30.9 Å². The normalized spacial score (nSPS) is 19.6. The molecule has 24 heavy (non-hydrogen) atoms. The van der Waals surface area contributed by atoms with Crippen LogP contribution in [-0.4, -0.2) is 23.6 Å². The molecule has 0 aliphatic heterocycles. The summed E-state index contributed by atoms with van der Waals surface area (Å²) in [5.74, 6) is -2.45. The van der Waals surface area contributed by atoms with Crippen LogP contribution in [0.4, 0.5) is 13.2 Å². The topological polar surface area (TPSA) is 89.3 Å². The molecule has 0 bridgehead atoms. The van der Waals surface area contributed by atoms with E-state index in [4.69, 9.17) is 5.73 Å². The molecule has 2 rings (SSSR count). The molecule has 1 aliphatic carbocycles. The molecule has 0 aromatic heterocycles. The van der Waals surface area contributed by atoms with Crippen molar-refractivity contribution in [2.45, 2.75) is 37.9 Å². The third-order valence-electron chi connectivity index (χ3n) is 4.06. The Balaban J connectivity index is 2.23. The zero-order valence-corrected chi connectivity index (χ0v) is 12.7. The summed E-state index contributed by atoms with van der Waals surface area (Å²) in [6, 6.07) is 3.11. The highest BCUT2D eigenvalue weighted by molar-refractivity contribution is 5.99. The van der Waals surface area contributed by atoms with Gasteiger partial charge in [0.2, 0.25) is 5.91 Å². The lowest BCUT2D eigenvalue weighted by molar-refractivity contribution is -0.138. The Kier molecular flexibility index (Phi) is 5.26. The van der Waals surface area contributed by atoms with Gasteiger partial charge in [-0.25, -0.2) is 0 Å². The maximum atomic E-state index is 13.0. The number of nitrogens with two attached hydrogens (primary N) is 1. The standard InChI is InChI=1S/C16H17F3N2O3/c17-16(18,19)12-7-2-1-6-11(12)15(24)21-13(14(20)23)9-4-3-5-10(22)8-9/h1-2,6-7,9,13H,3-5,8H2,(H2,20,23)(H,21,24)/t9-,13+/m1/s1. The van der Waals surface area contributed by atoms with Gasteiger partial charge >= 0.3 is 6.18 Å². The van der Waals surface area contributed by atoms with E-state index in [1.807, 2.05) is 0 Å². The fourth-order valence-electron chi connectivity index (χ4n) is 2.91. The first-order valence-electron chi connectivity index (χ1n) is 7.48. The molecule has 0 heterocycles. The molecule has 1 aromatic rings. The van der Waals surface area contributed by atoms with Gasteiger partial charge in [0, 0.05) is 12.8 Å². The van der Waals surface area contributed by atoms with E-state index in [0.29, 0.717) is 19.3 Å². The van der Waals surface area contributed by atoms with Crippen molar-refractivity contribution in [2.75, 3.05) is 0 Å². The Bertz CT molecular complexity index is 658. The van der Waals surface area contributed by atoms with Gasteiger partial charge in [0.1, 0.15) is 11.8 Å². The Labute approximate surface area is 136 Å². The van der Waals surface area contributed by atoms with Gasteiger partial charge in [-0.1, -0.05) is 12.1 Å². The quantitative estimate of drug-likeness (QED) is 0.877. The summed E-state index contributed by atoms with van der Waals surface area (Å²) in [7, 11) is 0. The molecule has 1 aromatic carbocycles. The number of benzene rings is 1. The molecule has 5 nitrogen and oxygen atoms in total. The van der Waals surface area contributed by atoms with E-state index < -0.39 is 41.1 Å². The van der Waals surface area contributed by atoms with E-state index in [0.717, 1.165) is 12.1 Å². The maximum Gasteiger partial charge on any atom is 0.417 e. The second kappa shape index (κ2) is 7.02. The largest absolute Gasteiger partial charge is 0.417 e. The van der Waals surface area contributed by atoms with E-state index >= 15 is 0 Å². The van der Waals surface area contributed by atoms with Crippen molar-refractivity contribution in [1.82, 2.24) is 5.32 Å². The van der Waals surface area contributed by atoms with Crippen molar-refractivity contribution in [3.8, 4) is 0 Å². The van der Waals surface area contributed by atoms with Crippen molar-refractivity contribution in [2.24, 2.45) is 11.7 Å². The third-order valence-corrected chi connectivity index (χ3v) is 4.06. The molecule has 2 amide bonds. The highest BCUT2D eigenvalue weighted by atomic mass is 19.4. The number of hydrogen-bond acceptors (Lipinski definition) is 3. The lowest BCUT2D eigenvalue weighted by Gasteiger charge is -2.28. The third kappa shape index (κ3) is 4.12. The highest BCUT2D eigenvalue weighted by Crippen LogP contribution is 2.32. The van der Waals surface area contributed by atoms with Crippen LogP contribution < -0.4 is 11.1 Å². The number of hydrogen-bond donors (Lipinski definition) is 2. The van der Waals surface area contributed by atoms with Crippen molar-refractivity contribution >= 4 is 17.6 Å². The second-order valence-corrected chi connectivity index (χ2v) is 5.79. The van der Waals surface area contributed by atoms with E-state index in [-0.39, 0.29) is 12.2 Å². The monoisotopic (exact) mass is 342 g/mol. The summed E-state index contributed by atoms with van der Waals surface area (Å²) < 4.78 is 39.0. The van der Waals surface area contributed by atoms with Crippen LogP contribution in [0, 0.1) is 5.92 Å². The fourth-order valence-corrected chi connectivity index (χ4v) is 2.91. The van der Waals surface area contributed by atoms with Crippen molar-refractivity contribution in [3.05, 3.63) is 35.4 Å². The minimum atomic E-state index is -4.70. The second-order valence-electron chi connectivity index (χ2n) is 5.79. The molecule has 3 N–H and O–H groups in total. The number of primary amides is 1. The average Bonchev–Trinajstić information content (AvgIpc) is 2.51. The number of halogens is 3. The number of carbonyl (C=O) groups is 3. The summed E-state index contributed by atoms with van der Waals surface area (Å²) in [6.45, 7) is 0. The van der Waals surface area contributed by atoms with Crippen LogP contribution in [0.15, 0.2) is 24.3 Å². The molecule has 0 radical (unpaired) electrons. The Hall–Kier alpha value is -2.38. The zero-order chi connectivity index (χ0) is 17.9. The van der Waals surface area contributed by atoms with Crippen molar-refractivity contribution in [1.29, 1.82) is 0 Å². The van der Waals surface area contributed by atoms with Gasteiger partial charge in [0.15, 0.2) is 0 Å². The Morgan fingerprint density at radius 3 is 2.50 bits per heavy atom. The van der Waals surface area contributed by atoms with Crippen LogP contribution in [0.2, 0.25) is 0 Å². The van der Waals surface area contributed by atoms with E-state index in [2.05, 4.69) is 5.32 Å². The minimum Gasteiger partial charge on any atom is -0.368 e. The minimum absolute atomic E-state index is 0.0533. The number of ketones is 1. The first-order valence-corrected chi connectivity index (χ1v) is 7.48. The lowest BCUT2D eigenvalue weighted by Crippen LogP contribution is -2.50. The number of rotatable bonds is 4. The van der Waals surface area contributed by atoms with Crippen LogP contribution >= 0.6 is 0 Å². The molecule has 0 unspecified atom stereocenters. The van der Waals surface area contributed by atoms with Gasteiger partial charge in [-0.3, -0.25) is 14.4 Å². The number of nitrogens with one attached hydrogen (secondary N) is 1. The summed E-state index contributed by atoms with van der Waals surface area (Å²) in [6.07, 6.45) is -3.17. The number of alkyl halides is 3. The maximum absolute atomic E-state index is 13.0. The van der Waals surface area contributed by atoms with Gasteiger partial charge in [-0.2, -0.15) is 13.2 Å². The molecule has 0 spiro atoms. The molecule has 1 fully saturated rings. The molecule has 0 saturated heterocycles. The van der Waals surface area contributed by atoms with Gasteiger partial charge in [0.05, 0.1) is 11.1 Å². The molecule has 1 saturated carbocycles. The van der Waals surface area contributed by atoms with Crippen LogP contribution in [0.5, 0.6) is 0 Å². The highest BCUT2D eigenvalue weighted by Gasteiger charge is 2.37. The SMILES string of the molecule is NC(=O)[C@@H](NC(=O)c1ccccc1C(F)(F)F)[C@@H]1CCCC(=O)C1. The number of carbonyl (C=O) groups excluding carboxylic acids is 3. The van der Waals surface area contributed by atoms with Crippen molar-refractivity contribution < 1.29 is 27.6 Å². The number of Topliss-reactive ketones (excluding diaryl/α,β-unsaturated/α-hetero) is 1. The zero-order valence-electron chi connectivity index (χ0n) is 12.7. The molecular formula is C16H17F3N2O3. The van der Waals surface area contributed by atoms with E-state index in [1.54, 1.807) is 0 Å². The number of amides is 2. The molecule has 2 atom stereocenters. The Morgan fingerprint density at radius 2 is 1.92 bits per heavy atom.